The standard InChI is InChI=1S/C23H22Cl2N4O4S/c24-16-4-2-6-19(12-16)34(31,32)29-17-5-1-3-15(11-17)22(30)14-26-9-10-33-18-7-8-20-21(13-18)27-28-23(20)25/h1-8,11-13,22,26,29-30H,9-10,14H2,(H,27,28). The van der Waals surface area contributed by atoms with Crippen molar-refractivity contribution in [1.82, 2.24) is 15.5 Å². The van der Waals surface area contributed by atoms with Crippen LogP contribution in [0.25, 0.3) is 10.9 Å². The van der Waals surface area contributed by atoms with Crippen molar-refractivity contribution in [3.05, 3.63) is 82.5 Å². The fraction of sp³-hybridized carbons (Fsp3) is 0.174. The molecule has 34 heavy (non-hydrogen) atoms. The van der Waals surface area contributed by atoms with Crippen molar-refractivity contribution in [2.75, 3.05) is 24.4 Å². The third-order valence-corrected chi connectivity index (χ3v) is 6.91. The highest BCUT2D eigenvalue weighted by Crippen LogP contribution is 2.25. The van der Waals surface area contributed by atoms with E-state index < -0.39 is 16.1 Å². The normalized spacial score (nSPS) is 12.6. The number of rotatable bonds is 10. The van der Waals surface area contributed by atoms with Gasteiger partial charge in [0.2, 0.25) is 0 Å². The number of hydrogen-bond donors (Lipinski definition) is 4. The van der Waals surface area contributed by atoms with Crippen LogP contribution in [0.15, 0.2) is 71.6 Å². The van der Waals surface area contributed by atoms with Crippen molar-refractivity contribution < 1.29 is 18.3 Å². The van der Waals surface area contributed by atoms with Crippen LogP contribution in [-0.2, 0) is 10.0 Å². The zero-order valence-electron chi connectivity index (χ0n) is 17.8. The van der Waals surface area contributed by atoms with Gasteiger partial charge in [0.05, 0.1) is 16.5 Å². The molecule has 0 aliphatic carbocycles. The van der Waals surface area contributed by atoms with Gasteiger partial charge in [-0.1, -0.05) is 41.4 Å². The van der Waals surface area contributed by atoms with Crippen LogP contribution in [0.1, 0.15) is 11.7 Å². The average molecular weight is 521 g/mol. The number of nitrogens with zero attached hydrogens (tertiary/aromatic N) is 1. The van der Waals surface area contributed by atoms with E-state index in [0.717, 1.165) is 10.9 Å². The summed E-state index contributed by atoms with van der Waals surface area (Å²) in [6.07, 6.45) is -0.834. The molecule has 0 aliphatic rings. The Hall–Kier alpha value is -2.82. The molecule has 0 saturated heterocycles. The first-order chi connectivity index (χ1) is 16.3. The molecule has 4 N–H and O–H groups in total. The first-order valence-electron chi connectivity index (χ1n) is 10.4. The van der Waals surface area contributed by atoms with E-state index in [2.05, 4.69) is 20.2 Å². The van der Waals surface area contributed by atoms with Gasteiger partial charge in [0.1, 0.15) is 12.4 Å². The summed E-state index contributed by atoms with van der Waals surface area (Å²) in [6.45, 7) is 1.16. The number of ether oxygens (including phenoxy) is 1. The molecular weight excluding hydrogens is 499 g/mol. The van der Waals surface area contributed by atoms with Gasteiger partial charge in [0.15, 0.2) is 5.15 Å². The summed E-state index contributed by atoms with van der Waals surface area (Å²) in [7, 11) is -3.80. The molecule has 4 rings (SSSR count). The zero-order chi connectivity index (χ0) is 24.1. The van der Waals surface area contributed by atoms with Crippen molar-refractivity contribution >= 4 is 49.8 Å². The van der Waals surface area contributed by atoms with Gasteiger partial charge in [-0.05, 0) is 48.0 Å². The number of hydrogen-bond acceptors (Lipinski definition) is 6. The molecule has 1 heterocycles. The smallest absolute Gasteiger partial charge is 0.261 e. The molecule has 3 aromatic carbocycles. The molecule has 1 aromatic heterocycles. The van der Waals surface area contributed by atoms with Gasteiger partial charge in [0.25, 0.3) is 10.0 Å². The Bertz CT molecular complexity index is 1390. The average Bonchev–Trinajstić information content (AvgIpc) is 3.18. The number of nitrogens with one attached hydrogen (secondary N) is 3. The van der Waals surface area contributed by atoms with Crippen LogP contribution >= 0.6 is 23.2 Å². The minimum Gasteiger partial charge on any atom is -0.492 e. The van der Waals surface area contributed by atoms with E-state index in [9.17, 15) is 13.5 Å². The molecule has 1 unspecified atom stereocenters. The van der Waals surface area contributed by atoms with E-state index in [1.165, 1.54) is 12.1 Å². The predicted molar refractivity (Wildman–Crippen MR) is 133 cm³/mol. The van der Waals surface area contributed by atoms with Crippen molar-refractivity contribution in [2.24, 2.45) is 0 Å². The first-order valence-corrected chi connectivity index (χ1v) is 12.6. The number of halogens is 2. The Morgan fingerprint density at radius 3 is 2.71 bits per heavy atom. The lowest BCUT2D eigenvalue weighted by atomic mass is 10.1. The Morgan fingerprint density at radius 2 is 1.88 bits per heavy atom. The van der Waals surface area contributed by atoms with E-state index in [4.69, 9.17) is 27.9 Å². The summed E-state index contributed by atoms with van der Waals surface area (Å²) >= 11 is 11.9. The topological polar surface area (TPSA) is 116 Å². The molecule has 11 heteroatoms. The molecule has 0 aliphatic heterocycles. The zero-order valence-corrected chi connectivity index (χ0v) is 20.2. The number of fused-ring (bicyclic) bond motifs is 1. The lowest BCUT2D eigenvalue weighted by Crippen LogP contribution is -2.26. The maximum absolute atomic E-state index is 12.6. The second kappa shape index (κ2) is 10.6. The fourth-order valence-corrected chi connectivity index (χ4v) is 4.87. The third kappa shape index (κ3) is 5.99. The van der Waals surface area contributed by atoms with Crippen LogP contribution in [0.2, 0.25) is 10.2 Å². The van der Waals surface area contributed by atoms with Crippen LogP contribution in [0.3, 0.4) is 0 Å². The second-order valence-electron chi connectivity index (χ2n) is 7.48. The minimum absolute atomic E-state index is 0.0578. The summed E-state index contributed by atoms with van der Waals surface area (Å²) < 4.78 is 33.4. The maximum atomic E-state index is 12.6. The van der Waals surface area contributed by atoms with Gasteiger partial charge in [-0.25, -0.2) is 8.42 Å². The van der Waals surface area contributed by atoms with Gasteiger partial charge in [-0.3, -0.25) is 9.82 Å². The van der Waals surface area contributed by atoms with Crippen LogP contribution in [0, 0.1) is 0 Å². The Labute approximate surface area is 206 Å². The highest BCUT2D eigenvalue weighted by Gasteiger charge is 2.16. The number of aliphatic hydroxyl groups is 1. The third-order valence-electron chi connectivity index (χ3n) is 5.00. The van der Waals surface area contributed by atoms with Crippen molar-refractivity contribution in [2.45, 2.75) is 11.0 Å². The number of aromatic nitrogens is 2. The van der Waals surface area contributed by atoms with E-state index in [1.54, 1.807) is 36.4 Å². The number of H-pyrrole nitrogens is 1. The SMILES string of the molecule is O=S(=O)(Nc1cccc(C(O)CNCCOc2ccc3c(Cl)n[nH]c3c2)c1)c1cccc(Cl)c1. The first kappa shape index (κ1) is 24.3. The summed E-state index contributed by atoms with van der Waals surface area (Å²) in [5, 5.41) is 22.0. The van der Waals surface area contributed by atoms with Crippen molar-refractivity contribution in [3.8, 4) is 5.75 Å². The molecule has 0 saturated carbocycles. The van der Waals surface area contributed by atoms with Gasteiger partial charge >= 0.3 is 0 Å². The largest absolute Gasteiger partial charge is 0.492 e. The van der Waals surface area contributed by atoms with Gasteiger partial charge in [-0.15, -0.1) is 0 Å². The second-order valence-corrected chi connectivity index (χ2v) is 9.96. The highest BCUT2D eigenvalue weighted by molar-refractivity contribution is 7.92. The van der Waals surface area contributed by atoms with Gasteiger partial charge in [0, 0.05) is 35.3 Å². The van der Waals surface area contributed by atoms with E-state index in [-0.39, 0.29) is 11.4 Å². The molecule has 178 valence electrons. The number of benzene rings is 3. The number of aliphatic hydroxyl groups excluding tert-OH is 1. The monoisotopic (exact) mass is 520 g/mol. The summed E-state index contributed by atoms with van der Waals surface area (Å²) in [6, 6.07) is 18.1. The van der Waals surface area contributed by atoms with Crippen LogP contribution in [0.5, 0.6) is 5.75 Å². The van der Waals surface area contributed by atoms with Crippen LogP contribution in [0.4, 0.5) is 5.69 Å². The number of aromatic amines is 1. The summed E-state index contributed by atoms with van der Waals surface area (Å²) in [5.74, 6) is 0.676. The summed E-state index contributed by atoms with van der Waals surface area (Å²) in [5.41, 5.74) is 1.70. The van der Waals surface area contributed by atoms with Gasteiger partial charge < -0.3 is 15.2 Å². The molecule has 4 aromatic rings. The summed E-state index contributed by atoms with van der Waals surface area (Å²) in [4.78, 5) is 0.0578. The maximum Gasteiger partial charge on any atom is 0.261 e. The molecule has 0 radical (unpaired) electrons. The lowest BCUT2D eigenvalue weighted by molar-refractivity contribution is 0.172. The molecular formula is C23H22Cl2N4O4S. The number of anilines is 1. The Balaban J connectivity index is 1.27. The molecule has 0 spiro atoms. The van der Waals surface area contributed by atoms with Gasteiger partial charge in [-0.2, -0.15) is 5.10 Å². The van der Waals surface area contributed by atoms with Crippen LogP contribution in [-0.4, -0.2) is 43.4 Å². The van der Waals surface area contributed by atoms with E-state index in [0.29, 0.717) is 40.3 Å². The minimum atomic E-state index is -3.80. The Morgan fingerprint density at radius 1 is 1.06 bits per heavy atom. The van der Waals surface area contributed by atoms with Crippen molar-refractivity contribution in [1.29, 1.82) is 0 Å². The quantitative estimate of drug-likeness (QED) is 0.230. The predicted octanol–water partition coefficient (Wildman–Crippen LogP) is 4.37. The Kier molecular flexibility index (Phi) is 7.60. The van der Waals surface area contributed by atoms with E-state index in [1.807, 2.05) is 18.2 Å². The fourth-order valence-electron chi connectivity index (χ4n) is 3.31. The van der Waals surface area contributed by atoms with Crippen molar-refractivity contribution in [3.63, 3.8) is 0 Å². The molecule has 0 bridgehead atoms. The molecule has 8 nitrogen and oxygen atoms in total. The lowest BCUT2D eigenvalue weighted by Gasteiger charge is -2.15. The van der Waals surface area contributed by atoms with E-state index >= 15 is 0 Å². The highest BCUT2D eigenvalue weighted by atomic mass is 35.5. The van der Waals surface area contributed by atoms with Crippen LogP contribution < -0.4 is 14.8 Å². The number of sulfonamides is 1. The molecule has 1 atom stereocenters. The molecule has 0 amide bonds. The molecule has 0 fully saturated rings.